The Balaban J connectivity index is 0.000000221. The minimum Gasteiger partial charge on any atom is -0.496 e. The van der Waals surface area contributed by atoms with Gasteiger partial charge in [0, 0.05) is 39.5 Å². The van der Waals surface area contributed by atoms with Crippen LogP contribution in [-0.2, 0) is 22.8 Å². The van der Waals surface area contributed by atoms with Gasteiger partial charge in [0.25, 0.3) is 5.91 Å². The number of benzene rings is 2. The topological polar surface area (TPSA) is 156 Å². The summed E-state index contributed by atoms with van der Waals surface area (Å²) in [5, 5.41) is 12.3. The van der Waals surface area contributed by atoms with E-state index in [1.54, 1.807) is 47.7 Å². The fourth-order valence-electron chi connectivity index (χ4n) is 7.67. The van der Waals surface area contributed by atoms with Crippen LogP contribution in [0.15, 0.2) is 59.5 Å². The Morgan fingerprint density at radius 3 is 2.50 bits per heavy atom. The van der Waals surface area contributed by atoms with Gasteiger partial charge >= 0.3 is 11.9 Å². The summed E-state index contributed by atoms with van der Waals surface area (Å²) in [6, 6.07) is 11.3. The van der Waals surface area contributed by atoms with Crippen LogP contribution in [-0.4, -0.2) is 73.7 Å². The molecule has 1 unspecified atom stereocenters. The van der Waals surface area contributed by atoms with E-state index in [0.717, 1.165) is 77.2 Å². The lowest BCUT2D eigenvalue weighted by molar-refractivity contribution is -0.141. The third-order valence-electron chi connectivity index (χ3n) is 10.7. The monoisotopic (exact) mass is 750 g/mol. The predicted octanol–water partition coefficient (Wildman–Crippen LogP) is 6.03. The van der Waals surface area contributed by atoms with Crippen molar-refractivity contribution in [3.05, 3.63) is 82.2 Å². The van der Waals surface area contributed by atoms with E-state index in [-0.39, 0.29) is 26.6 Å². The lowest BCUT2D eigenvalue weighted by atomic mass is 9.83. The number of ether oxygens (including phenoxy) is 1. The summed E-state index contributed by atoms with van der Waals surface area (Å²) in [5.41, 5.74) is 2.24. The second-order valence-electron chi connectivity index (χ2n) is 14.1. The van der Waals surface area contributed by atoms with Crippen LogP contribution < -0.4 is 21.1 Å². The Kier molecular flexibility index (Phi) is 10.3. The Hall–Kier alpha value is -5.51. The molecule has 288 valence electrons. The lowest BCUT2D eigenvalue weighted by Gasteiger charge is -2.37. The molecule has 1 saturated carbocycles. The number of hydrogen-bond donors (Lipinski definition) is 3. The molecule has 1 atom stereocenters. The summed E-state index contributed by atoms with van der Waals surface area (Å²) in [4.78, 5) is 55.4. The molecule has 3 amide bonds. The molecule has 16 heteroatoms. The van der Waals surface area contributed by atoms with Crippen LogP contribution in [0.25, 0.3) is 21.9 Å². The van der Waals surface area contributed by atoms with Gasteiger partial charge in [0.1, 0.15) is 23.2 Å². The molecular formula is C38H45F3N8O5. The van der Waals surface area contributed by atoms with Crippen molar-refractivity contribution in [3.8, 4) is 5.75 Å². The number of pyridine rings is 1. The van der Waals surface area contributed by atoms with E-state index in [2.05, 4.69) is 30.7 Å². The first-order valence-electron chi connectivity index (χ1n) is 18.0. The fraction of sp³-hybridized carbons (Fsp3) is 0.421. The minimum atomic E-state index is -4.59. The van der Waals surface area contributed by atoms with Crippen molar-refractivity contribution >= 4 is 45.3 Å². The van der Waals surface area contributed by atoms with Crippen LogP contribution in [0.5, 0.6) is 5.75 Å². The molecule has 3 aliphatic rings. The first kappa shape index (κ1) is 36.8. The number of anilines is 1. The first-order chi connectivity index (χ1) is 25.9. The molecule has 5 heterocycles. The van der Waals surface area contributed by atoms with Crippen molar-refractivity contribution in [1.29, 1.82) is 0 Å². The number of methoxy groups -OCH3 is 1. The molecule has 2 saturated heterocycles. The number of hydrogen-bond acceptors (Lipinski definition) is 8. The van der Waals surface area contributed by atoms with E-state index in [1.807, 2.05) is 12.1 Å². The molecule has 1 aliphatic carbocycles. The number of carbonyl (C=O) groups excluding carboxylic acids is 3. The zero-order chi connectivity index (χ0) is 38.1. The van der Waals surface area contributed by atoms with Gasteiger partial charge in [-0.05, 0) is 99.5 Å². The number of nitrogens with zero attached hydrogens (tertiary/aromatic N) is 5. The number of amides is 3. The third kappa shape index (κ3) is 7.47. The van der Waals surface area contributed by atoms with E-state index >= 15 is 0 Å². The molecule has 3 fully saturated rings. The quantitative estimate of drug-likeness (QED) is 0.171. The predicted molar refractivity (Wildman–Crippen MR) is 198 cm³/mol. The van der Waals surface area contributed by atoms with Crippen molar-refractivity contribution in [1.82, 2.24) is 34.5 Å². The van der Waals surface area contributed by atoms with E-state index in [9.17, 15) is 32.3 Å². The highest BCUT2D eigenvalue weighted by atomic mass is 19.4. The van der Waals surface area contributed by atoms with Crippen molar-refractivity contribution in [2.75, 3.05) is 32.1 Å². The molecule has 2 aromatic carbocycles. The summed E-state index contributed by atoms with van der Waals surface area (Å²) in [5.74, 6) is 0.565. The van der Waals surface area contributed by atoms with E-state index < -0.39 is 29.7 Å². The van der Waals surface area contributed by atoms with Gasteiger partial charge in [-0.2, -0.15) is 18.3 Å². The summed E-state index contributed by atoms with van der Waals surface area (Å²) in [7, 11) is 3.44. The average Bonchev–Trinajstić information content (AvgIpc) is 3.71. The van der Waals surface area contributed by atoms with E-state index in [4.69, 9.17) is 4.74 Å². The van der Waals surface area contributed by atoms with Crippen LogP contribution in [0.3, 0.4) is 0 Å². The number of imidazole rings is 1. The number of piperidine rings is 2. The third-order valence-corrected chi connectivity index (χ3v) is 10.7. The number of imide groups is 1. The molecule has 0 radical (unpaired) electrons. The maximum atomic E-state index is 13.3. The second kappa shape index (κ2) is 15.1. The highest BCUT2D eigenvalue weighted by Crippen LogP contribution is 2.40. The van der Waals surface area contributed by atoms with Crippen LogP contribution >= 0.6 is 0 Å². The zero-order valence-corrected chi connectivity index (χ0v) is 29.9. The SMILES string of the molecule is COc1ccc2c(c1C1CCN(CC3CCC3)CC1)n(C)c(=O)n2C1CCC(=O)NC1=O.O=C(Nc1ccc2[nH]ncc2c1)c1cccc(C(F)(F)F)n1.[HH].[HH]. The summed E-state index contributed by atoms with van der Waals surface area (Å²) in [6.07, 6.45) is 3.72. The molecule has 0 bridgehead atoms. The molecular weight excluding hydrogens is 705 g/mol. The number of aryl methyl sites for hydroxylation is 1. The number of carbonyl (C=O) groups is 3. The Morgan fingerprint density at radius 2 is 1.81 bits per heavy atom. The number of nitrogens with one attached hydrogen (secondary N) is 3. The average molecular weight is 751 g/mol. The van der Waals surface area contributed by atoms with Crippen molar-refractivity contribution in [3.63, 3.8) is 0 Å². The number of aromatic amines is 1. The second-order valence-corrected chi connectivity index (χ2v) is 14.1. The van der Waals surface area contributed by atoms with Gasteiger partial charge < -0.3 is 15.0 Å². The first-order valence-corrected chi connectivity index (χ1v) is 18.0. The van der Waals surface area contributed by atoms with Gasteiger partial charge in [-0.25, -0.2) is 9.78 Å². The summed E-state index contributed by atoms with van der Waals surface area (Å²) in [6.45, 7) is 3.32. The fourth-order valence-corrected chi connectivity index (χ4v) is 7.67. The highest BCUT2D eigenvalue weighted by molar-refractivity contribution is 6.04. The van der Waals surface area contributed by atoms with Gasteiger partial charge in [-0.3, -0.25) is 33.9 Å². The van der Waals surface area contributed by atoms with E-state index in [1.165, 1.54) is 31.9 Å². The molecule has 13 nitrogen and oxygen atoms in total. The lowest BCUT2D eigenvalue weighted by Crippen LogP contribution is -2.44. The van der Waals surface area contributed by atoms with Crippen LogP contribution in [0, 0.1) is 5.92 Å². The standard InChI is InChI=1S/C24H32N4O4.C14H9F3N4O.2H2/c1-26-22-17(28(24(26)31)18-7-9-20(29)25-23(18)30)6-8-19(32-2)21(22)16-10-12-27(13-11-16)14-15-4-3-5-15;15-14(16,17)12-3-1-2-11(20-12)13(22)19-9-4-5-10-8(6-9)7-18-21-10;;/h6,8,15-16,18H,3-5,7,9-14H2,1-2H3,(H,25,29,30);1-7H,(H,18,21)(H,19,22);2*1H. The number of alkyl halides is 3. The number of rotatable bonds is 7. The van der Waals surface area contributed by atoms with Crippen molar-refractivity contribution in [2.24, 2.45) is 13.0 Å². The van der Waals surface area contributed by atoms with Gasteiger partial charge in [0.05, 0.1) is 29.9 Å². The molecule has 3 aromatic heterocycles. The molecule has 3 N–H and O–H groups in total. The number of halogens is 3. The summed E-state index contributed by atoms with van der Waals surface area (Å²) < 4.78 is 46.7. The number of H-pyrrole nitrogens is 1. The largest absolute Gasteiger partial charge is 0.496 e. The molecule has 5 aromatic rings. The highest BCUT2D eigenvalue weighted by Gasteiger charge is 2.35. The Morgan fingerprint density at radius 1 is 1.04 bits per heavy atom. The molecule has 54 heavy (non-hydrogen) atoms. The van der Waals surface area contributed by atoms with E-state index in [0.29, 0.717) is 18.0 Å². The molecule has 8 rings (SSSR count). The molecule has 0 spiro atoms. The van der Waals surface area contributed by atoms with Gasteiger partial charge in [-0.15, -0.1) is 0 Å². The number of likely N-dealkylation sites (tertiary alicyclic amines) is 1. The normalized spacial score (nSPS) is 18.6. The van der Waals surface area contributed by atoms with Crippen LogP contribution in [0.4, 0.5) is 18.9 Å². The summed E-state index contributed by atoms with van der Waals surface area (Å²) >= 11 is 0. The van der Waals surface area contributed by atoms with Gasteiger partial charge in [0.15, 0.2) is 0 Å². The maximum Gasteiger partial charge on any atom is 0.433 e. The molecule has 2 aliphatic heterocycles. The maximum absolute atomic E-state index is 13.3. The minimum absolute atomic E-state index is 0. The van der Waals surface area contributed by atoms with Gasteiger partial charge in [0.2, 0.25) is 11.8 Å². The van der Waals surface area contributed by atoms with Crippen LogP contribution in [0.2, 0.25) is 0 Å². The number of fused-ring (bicyclic) bond motifs is 2. The van der Waals surface area contributed by atoms with Crippen LogP contribution in [0.1, 0.15) is 81.5 Å². The Bertz CT molecular complexity index is 2280. The van der Waals surface area contributed by atoms with Crippen molar-refractivity contribution < 1.29 is 35.1 Å². The van der Waals surface area contributed by atoms with Crippen molar-refractivity contribution in [2.45, 2.75) is 63.1 Å². The van der Waals surface area contributed by atoms with Gasteiger partial charge in [-0.1, -0.05) is 12.5 Å². The smallest absolute Gasteiger partial charge is 0.433 e. The number of aromatic nitrogens is 5. The zero-order valence-electron chi connectivity index (χ0n) is 29.9. The Labute approximate surface area is 310 Å².